The molecule has 0 saturated heterocycles. The van der Waals surface area contributed by atoms with Gasteiger partial charge in [0.25, 0.3) is 0 Å². The van der Waals surface area contributed by atoms with Gasteiger partial charge in [-0.25, -0.2) is 0 Å². The van der Waals surface area contributed by atoms with E-state index in [1.807, 2.05) is 6.08 Å². The highest BCUT2D eigenvalue weighted by Crippen LogP contribution is 2.62. The summed E-state index contributed by atoms with van der Waals surface area (Å²) in [5.41, 5.74) is 4.34. The van der Waals surface area contributed by atoms with E-state index in [2.05, 4.69) is 27.4 Å². The molecule has 3 aliphatic carbocycles. The van der Waals surface area contributed by atoms with E-state index in [1.165, 1.54) is 38.5 Å². The molecule has 0 unspecified atom stereocenters. The van der Waals surface area contributed by atoms with Gasteiger partial charge in [0.05, 0.1) is 6.61 Å². The van der Waals surface area contributed by atoms with Crippen LogP contribution in [0.25, 0.3) is 0 Å². The molecule has 0 bridgehead atoms. The fourth-order valence-corrected chi connectivity index (χ4v) is 5.98. The molecule has 0 aromatic carbocycles. The maximum atomic E-state index is 9.82. The van der Waals surface area contributed by atoms with Crippen LogP contribution < -0.4 is 0 Å². The van der Waals surface area contributed by atoms with Crippen molar-refractivity contribution in [1.82, 2.24) is 0 Å². The van der Waals surface area contributed by atoms with E-state index in [4.69, 9.17) is 0 Å². The molecule has 1 nitrogen and oxygen atoms in total. The zero-order valence-electron chi connectivity index (χ0n) is 14.2. The number of aliphatic hydroxyl groups is 1. The number of fused-ring (bicyclic) bond motifs is 2. The number of aliphatic hydroxyl groups excluding tert-OH is 1. The van der Waals surface area contributed by atoms with Crippen molar-refractivity contribution in [2.24, 2.45) is 22.2 Å². The second-order valence-electron chi connectivity index (χ2n) is 8.83. The summed E-state index contributed by atoms with van der Waals surface area (Å²) in [5, 5.41) is 9.82. The lowest BCUT2D eigenvalue weighted by Crippen LogP contribution is -2.47. The second-order valence-corrected chi connectivity index (χ2v) is 8.83. The van der Waals surface area contributed by atoms with E-state index >= 15 is 0 Å². The summed E-state index contributed by atoms with van der Waals surface area (Å²) in [4.78, 5) is 0. The van der Waals surface area contributed by atoms with Gasteiger partial charge in [-0.2, -0.15) is 0 Å². The van der Waals surface area contributed by atoms with Gasteiger partial charge in [0, 0.05) is 5.41 Å². The van der Waals surface area contributed by atoms with Crippen molar-refractivity contribution in [3.63, 3.8) is 0 Å². The van der Waals surface area contributed by atoms with Crippen LogP contribution in [-0.4, -0.2) is 11.7 Å². The summed E-state index contributed by atoms with van der Waals surface area (Å²) < 4.78 is 0. The van der Waals surface area contributed by atoms with Gasteiger partial charge in [0.1, 0.15) is 0 Å². The summed E-state index contributed by atoms with van der Waals surface area (Å²) in [6, 6.07) is 0. The maximum absolute atomic E-state index is 9.82. The number of hydrogen-bond acceptors (Lipinski definition) is 1. The van der Waals surface area contributed by atoms with Crippen molar-refractivity contribution in [2.45, 2.75) is 72.1 Å². The van der Waals surface area contributed by atoms with Crippen LogP contribution in [0.2, 0.25) is 0 Å². The Morgan fingerprint density at radius 3 is 2.62 bits per heavy atom. The third kappa shape index (κ3) is 2.23. The van der Waals surface area contributed by atoms with E-state index in [-0.39, 0.29) is 12.0 Å². The van der Waals surface area contributed by atoms with Gasteiger partial charge < -0.3 is 5.11 Å². The molecule has 3 atom stereocenters. The topological polar surface area (TPSA) is 20.2 Å². The van der Waals surface area contributed by atoms with E-state index in [9.17, 15) is 5.11 Å². The summed E-state index contributed by atoms with van der Waals surface area (Å²) in [6.07, 6.45) is 12.1. The highest BCUT2D eigenvalue weighted by atomic mass is 16.3. The minimum Gasteiger partial charge on any atom is -0.395 e. The minimum atomic E-state index is -0.0355. The summed E-state index contributed by atoms with van der Waals surface area (Å²) in [5.74, 6) is 0.850. The van der Waals surface area contributed by atoms with Gasteiger partial charge in [-0.3, -0.25) is 0 Å². The lowest BCUT2D eigenvalue weighted by molar-refractivity contribution is 0.00337. The fraction of sp³-hybridized carbons (Fsp3) is 0.800. The first-order valence-corrected chi connectivity index (χ1v) is 8.83. The van der Waals surface area contributed by atoms with Gasteiger partial charge >= 0.3 is 0 Å². The number of allylic oxidation sites excluding steroid dienone is 2. The van der Waals surface area contributed by atoms with Crippen molar-refractivity contribution in [2.75, 3.05) is 6.61 Å². The lowest BCUT2D eigenvalue weighted by Gasteiger charge is -2.57. The Kier molecular flexibility index (Phi) is 3.64. The Balaban J connectivity index is 1.97. The van der Waals surface area contributed by atoms with E-state index < -0.39 is 0 Å². The highest BCUT2D eigenvalue weighted by Gasteiger charge is 2.52. The molecule has 0 amide bonds. The Morgan fingerprint density at radius 2 is 1.95 bits per heavy atom. The van der Waals surface area contributed by atoms with Gasteiger partial charge in [-0.1, -0.05) is 44.4 Å². The SMILES string of the molecule is C=C[C@@]1(CO)CCC2=C(CC[C@@H]3C(C)(C)CCC[C@]23C)C1. The zero-order valence-corrected chi connectivity index (χ0v) is 14.2. The minimum absolute atomic E-state index is 0.0355. The third-order valence-electron chi connectivity index (χ3n) is 7.27. The molecule has 0 spiro atoms. The smallest absolute Gasteiger partial charge is 0.0525 e. The second kappa shape index (κ2) is 4.98. The lowest BCUT2D eigenvalue weighted by atomic mass is 9.48. The van der Waals surface area contributed by atoms with Crippen LogP contribution in [0.3, 0.4) is 0 Å². The molecule has 1 heteroatoms. The average molecular weight is 288 g/mol. The van der Waals surface area contributed by atoms with Crippen molar-refractivity contribution in [3.8, 4) is 0 Å². The number of hydrogen-bond donors (Lipinski definition) is 1. The quantitative estimate of drug-likeness (QED) is 0.687. The summed E-state index contributed by atoms with van der Waals surface area (Å²) >= 11 is 0. The molecule has 1 saturated carbocycles. The molecule has 3 rings (SSSR count). The van der Waals surface area contributed by atoms with Crippen LogP contribution in [0.4, 0.5) is 0 Å². The van der Waals surface area contributed by atoms with E-state index in [1.54, 1.807) is 11.1 Å². The Bertz CT molecular complexity index is 472. The predicted octanol–water partition coefficient (Wildman–Crippen LogP) is 5.26. The summed E-state index contributed by atoms with van der Waals surface area (Å²) in [7, 11) is 0. The van der Waals surface area contributed by atoms with E-state index in [0.29, 0.717) is 10.8 Å². The first-order valence-electron chi connectivity index (χ1n) is 8.83. The van der Waals surface area contributed by atoms with Crippen LogP contribution in [0.15, 0.2) is 23.8 Å². The van der Waals surface area contributed by atoms with Gasteiger partial charge in [-0.05, 0) is 61.7 Å². The average Bonchev–Trinajstić information content (AvgIpc) is 2.45. The van der Waals surface area contributed by atoms with Crippen LogP contribution in [-0.2, 0) is 0 Å². The monoisotopic (exact) mass is 288 g/mol. The molecule has 1 N–H and O–H groups in total. The van der Waals surface area contributed by atoms with Crippen molar-refractivity contribution in [3.05, 3.63) is 23.8 Å². The van der Waals surface area contributed by atoms with E-state index in [0.717, 1.165) is 18.8 Å². The highest BCUT2D eigenvalue weighted by molar-refractivity contribution is 5.32. The Labute approximate surface area is 130 Å². The normalized spacial score (nSPS) is 42.2. The Hall–Kier alpha value is -0.560. The fourth-order valence-electron chi connectivity index (χ4n) is 5.98. The van der Waals surface area contributed by atoms with Gasteiger partial charge in [0.15, 0.2) is 0 Å². The standard InChI is InChI=1S/C20H32O/c1-5-20(14-21)12-9-16-15(13-20)7-8-17-18(2,3)10-6-11-19(16,17)4/h5,17,21H,1,6-14H2,2-4H3/t17-,19-,20-/m1/s1. The summed E-state index contributed by atoms with van der Waals surface area (Å²) in [6.45, 7) is 11.8. The Morgan fingerprint density at radius 1 is 1.19 bits per heavy atom. The first-order chi connectivity index (χ1) is 9.87. The largest absolute Gasteiger partial charge is 0.395 e. The maximum Gasteiger partial charge on any atom is 0.0525 e. The van der Waals surface area contributed by atoms with Crippen LogP contribution >= 0.6 is 0 Å². The van der Waals surface area contributed by atoms with Crippen LogP contribution in [0.1, 0.15) is 72.1 Å². The molecular formula is C20H32O. The van der Waals surface area contributed by atoms with Crippen molar-refractivity contribution in [1.29, 1.82) is 0 Å². The molecule has 0 aliphatic heterocycles. The zero-order chi connectivity index (χ0) is 15.3. The first kappa shape index (κ1) is 15.3. The van der Waals surface area contributed by atoms with Gasteiger partial charge in [-0.15, -0.1) is 6.58 Å². The third-order valence-corrected chi connectivity index (χ3v) is 7.27. The molecule has 0 radical (unpaired) electrons. The molecule has 3 aliphatic rings. The molecule has 21 heavy (non-hydrogen) atoms. The molecule has 118 valence electrons. The molecular weight excluding hydrogens is 256 g/mol. The van der Waals surface area contributed by atoms with Gasteiger partial charge in [0.2, 0.25) is 0 Å². The predicted molar refractivity (Wildman–Crippen MR) is 89.1 cm³/mol. The molecule has 1 fully saturated rings. The van der Waals surface area contributed by atoms with Crippen LogP contribution in [0, 0.1) is 22.2 Å². The molecule has 0 aromatic rings. The van der Waals surface area contributed by atoms with Crippen molar-refractivity contribution >= 4 is 0 Å². The number of rotatable bonds is 2. The van der Waals surface area contributed by atoms with Crippen molar-refractivity contribution < 1.29 is 5.11 Å². The molecule has 0 heterocycles. The van der Waals surface area contributed by atoms with Crippen LogP contribution in [0.5, 0.6) is 0 Å². The molecule has 0 aromatic heterocycles.